The summed E-state index contributed by atoms with van der Waals surface area (Å²) in [6, 6.07) is 16.9. The van der Waals surface area contributed by atoms with Gasteiger partial charge in [-0.05, 0) is 31.5 Å². The summed E-state index contributed by atoms with van der Waals surface area (Å²) in [5.74, 6) is 0.0245. The summed E-state index contributed by atoms with van der Waals surface area (Å²) in [5.41, 5.74) is 8.62. The minimum atomic E-state index is -0.324. The topological polar surface area (TPSA) is 75.4 Å². The molecule has 26 heavy (non-hydrogen) atoms. The van der Waals surface area contributed by atoms with Crippen molar-refractivity contribution in [3.8, 4) is 0 Å². The summed E-state index contributed by atoms with van der Waals surface area (Å²) in [4.78, 5) is 26.6. The second kappa shape index (κ2) is 7.81. The number of hydrogen-bond donors (Lipinski definition) is 2. The van der Waals surface area contributed by atoms with Gasteiger partial charge in [0.1, 0.15) is 0 Å². The Bertz CT molecular complexity index is 791. The highest BCUT2D eigenvalue weighted by Crippen LogP contribution is 2.28. The maximum Gasteiger partial charge on any atom is 0.241 e. The molecule has 0 bridgehead atoms. The van der Waals surface area contributed by atoms with Crippen LogP contribution in [0.2, 0.25) is 0 Å². The lowest BCUT2D eigenvalue weighted by molar-refractivity contribution is -0.120. The van der Waals surface area contributed by atoms with E-state index in [-0.39, 0.29) is 29.7 Å². The zero-order chi connectivity index (χ0) is 18.7. The molecule has 2 aromatic carbocycles. The van der Waals surface area contributed by atoms with E-state index in [0.717, 1.165) is 6.54 Å². The molecule has 1 amide bonds. The number of carbonyl (C=O) groups is 2. The van der Waals surface area contributed by atoms with E-state index in [2.05, 4.69) is 22.3 Å². The number of ketones is 1. The Morgan fingerprint density at radius 3 is 2.42 bits per heavy atom. The third-order valence-electron chi connectivity index (χ3n) is 5.11. The maximum atomic E-state index is 12.7. The molecule has 3 N–H and O–H groups in total. The second-order valence-corrected chi connectivity index (χ2v) is 6.90. The fourth-order valence-electron chi connectivity index (χ4n) is 3.53. The van der Waals surface area contributed by atoms with Crippen LogP contribution >= 0.6 is 0 Å². The van der Waals surface area contributed by atoms with E-state index in [9.17, 15) is 9.59 Å². The molecular formula is C21H25N3O2. The molecule has 0 radical (unpaired) electrons. The zero-order valence-corrected chi connectivity index (χ0v) is 15.2. The zero-order valence-electron chi connectivity index (χ0n) is 15.2. The van der Waals surface area contributed by atoms with Crippen LogP contribution in [0.3, 0.4) is 0 Å². The van der Waals surface area contributed by atoms with Crippen LogP contribution in [0.25, 0.3) is 0 Å². The van der Waals surface area contributed by atoms with Crippen LogP contribution in [0, 0.1) is 0 Å². The monoisotopic (exact) mass is 351 g/mol. The molecule has 3 rings (SSSR count). The third-order valence-corrected chi connectivity index (χ3v) is 5.11. The van der Waals surface area contributed by atoms with Gasteiger partial charge in [-0.2, -0.15) is 0 Å². The maximum absolute atomic E-state index is 12.7. The Labute approximate surface area is 154 Å². The lowest BCUT2D eigenvalue weighted by Gasteiger charge is -2.24. The molecule has 5 heteroatoms. The Hall–Kier alpha value is -2.50. The number of carbonyl (C=O) groups excluding carboxylic acids is 2. The van der Waals surface area contributed by atoms with Crippen LogP contribution in [0.1, 0.15) is 35.7 Å². The molecule has 2 aromatic rings. The first kappa shape index (κ1) is 18.3. The molecule has 1 saturated heterocycles. The van der Waals surface area contributed by atoms with Gasteiger partial charge < -0.3 is 11.1 Å². The van der Waals surface area contributed by atoms with E-state index >= 15 is 0 Å². The molecule has 1 aliphatic rings. The highest BCUT2D eigenvalue weighted by molar-refractivity contribution is 6.04. The number of nitrogens with two attached hydrogens (primary N) is 1. The lowest BCUT2D eigenvalue weighted by Crippen LogP contribution is -2.42. The largest absolute Gasteiger partial charge is 0.326 e. The van der Waals surface area contributed by atoms with Crippen molar-refractivity contribution in [2.24, 2.45) is 5.73 Å². The van der Waals surface area contributed by atoms with Gasteiger partial charge in [-0.3, -0.25) is 14.5 Å². The number of nitrogens with one attached hydrogen (secondary N) is 1. The molecule has 1 aliphatic heterocycles. The number of hydrogen-bond acceptors (Lipinski definition) is 4. The van der Waals surface area contributed by atoms with Crippen LogP contribution in [0.15, 0.2) is 54.6 Å². The first-order chi connectivity index (χ1) is 12.5. The Morgan fingerprint density at radius 1 is 1.08 bits per heavy atom. The molecule has 3 atom stereocenters. The summed E-state index contributed by atoms with van der Waals surface area (Å²) < 4.78 is 0. The number of para-hydroxylation sites is 1. The molecule has 136 valence electrons. The summed E-state index contributed by atoms with van der Waals surface area (Å²) in [6.07, 6.45) is 0. The molecule has 0 spiro atoms. The summed E-state index contributed by atoms with van der Waals surface area (Å²) in [5, 5.41) is 2.90. The fourth-order valence-corrected chi connectivity index (χ4v) is 3.53. The van der Waals surface area contributed by atoms with Gasteiger partial charge >= 0.3 is 0 Å². The van der Waals surface area contributed by atoms with Gasteiger partial charge in [-0.25, -0.2) is 0 Å². The van der Waals surface area contributed by atoms with E-state index in [1.165, 1.54) is 12.5 Å². The average Bonchev–Trinajstić information content (AvgIpc) is 3.03. The molecular weight excluding hydrogens is 326 g/mol. The highest BCUT2D eigenvalue weighted by atomic mass is 16.2. The van der Waals surface area contributed by atoms with Crippen LogP contribution in [-0.4, -0.2) is 41.8 Å². The Morgan fingerprint density at radius 2 is 1.73 bits per heavy atom. The normalized spacial score (nSPS) is 21.3. The number of amides is 1. The second-order valence-electron chi connectivity index (χ2n) is 6.90. The van der Waals surface area contributed by atoms with Gasteiger partial charge in [0.15, 0.2) is 5.78 Å². The Kier molecular flexibility index (Phi) is 5.49. The number of rotatable bonds is 5. The quantitative estimate of drug-likeness (QED) is 0.812. The number of likely N-dealkylation sites (tertiary alicyclic amines) is 1. The minimum absolute atomic E-state index is 0.00263. The summed E-state index contributed by atoms with van der Waals surface area (Å²) >= 11 is 0. The van der Waals surface area contributed by atoms with Gasteiger partial charge in [-0.1, -0.05) is 42.5 Å². The molecule has 1 heterocycles. The van der Waals surface area contributed by atoms with Crippen molar-refractivity contribution in [2.45, 2.75) is 31.8 Å². The van der Waals surface area contributed by atoms with E-state index in [4.69, 9.17) is 5.73 Å². The summed E-state index contributed by atoms with van der Waals surface area (Å²) in [6.45, 7) is 4.79. The van der Waals surface area contributed by atoms with Crippen molar-refractivity contribution in [2.75, 3.05) is 18.4 Å². The van der Waals surface area contributed by atoms with Crippen molar-refractivity contribution >= 4 is 17.4 Å². The summed E-state index contributed by atoms with van der Waals surface area (Å²) in [7, 11) is 0. The first-order valence-electron chi connectivity index (χ1n) is 8.92. The van der Waals surface area contributed by atoms with Crippen molar-refractivity contribution in [1.29, 1.82) is 0 Å². The van der Waals surface area contributed by atoms with E-state index in [0.29, 0.717) is 17.8 Å². The minimum Gasteiger partial charge on any atom is -0.326 e. The molecule has 0 aliphatic carbocycles. The van der Waals surface area contributed by atoms with E-state index in [1.54, 1.807) is 18.2 Å². The Balaban J connectivity index is 1.69. The van der Waals surface area contributed by atoms with Crippen LogP contribution < -0.4 is 11.1 Å². The van der Waals surface area contributed by atoms with Gasteiger partial charge in [0, 0.05) is 30.6 Å². The predicted molar refractivity (Wildman–Crippen MR) is 103 cm³/mol. The van der Waals surface area contributed by atoms with Crippen LogP contribution in [-0.2, 0) is 4.79 Å². The SMILES string of the molecule is CC(=O)c1ccccc1NC(=O)C(C)N1C[C@@H](N)[C@H](c2ccccc2)C1. The molecule has 1 unspecified atom stereocenters. The number of anilines is 1. The van der Waals surface area contributed by atoms with Crippen molar-refractivity contribution in [3.05, 3.63) is 65.7 Å². The van der Waals surface area contributed by atoms with Gasteiger partial charge in [0.25, 0.3) is 0 Å². The number of Topliss-reactive ketones (excluding diaryl/α,β-unsaturated/α-hetero) is 1. The third kappa shape index (κ3) is 3.84. The average molecular weight is 351 g/mol. The van der Waals surface area contributed by atoms with Crippen LogP contribution in [0.5, 0.6) is 0 Å². The van der Waals surface area contributed by atoms with E-state index in [1.807, 2.05) is 31.2 Å². The highest BCUT2D eigenvalue weighted by Gasteiger charge is 2.35. The molecule has 5 nitrogen and oxygen atoms in total. The van der Waals surface area contributed by atoms with Crippen molar-refractivity contribution in [1.82, 2.24) is 4.90 Å². The first-order valence-corrected chi connectivity index (χ1v) is 8.92. The fraction of sp³-hybridized carbons (Fsp3) is 0.333. The predicted octanol–water partition coefficient (Wildman–Crippen LogP) is 2.64. The lowest BCUT2D eigenvalue weighted by atomic mass is 9.95. The van der Waals surface area contributed by atoms with Gasteiger partial charge in [0.05, 0.1) is 11.7 Å². The molecule has 0 aromatic heterocycles. The van der Waals surface area contributed by atoms with Crippen molar-refractivity contribution < 1.29 is 9.59 Å². The standard InChI is InChI=1S/C21H25N3O2/c1-14(21(26)23-20-11-7-6-10-17(20)15(2)25)24-12-18(19(22)13-24)16-8-4-3-5-9-16/h3-11,14,18-19H,12-13,22H2,1-2H3,(H,23,26)/t14?,18-,19+/m0/s1. The van der Waals surface area contributed by atoms with E-state index < -0.39 is 0 Å². The van der Waals surface area contributed by atoms with Crippen LogP contribution in [0.4, 0.5) is 5.69 Å². The van der Waals surface area contributed by atoms with Gasteiger partial charge in [-0.15, -0.1) is 0 Å². The number of nitrogens with zero attached hydrogens (tertiary/aromatic N) is 1. The van der Waals surface area contributed by atoms with Crippen molar-refractivity contribution in [3.63, 3.8) is 0 Å². The smallest absolute Gasteiger partial charge is 0.241 e. The number of benzene rings is 2. The molecule has 0 saturated carbocycles. The van der Waals surface area contributed by atoms with Gasteiger partial charge in [0.2, 0.25) is 5.91 Å². The molecule has 1 fully saturated rings.